The molecule has 0 radical (unpaired) electrons. The number of amides is 1. The van der Waals surface area contributed by atoms with Crippen LogP contribution in [0.3, 0.4) is 0 Å². The van der Waals surface area contributed by atoms with Gasteiger partial charge in [-0.2, -0.15) is 0 Å². The zero-order chi connectivity index (χ0) is 15.4. The van der Waals surface area contributed by atoms with Crippen molar-refractivity contribution in [2.75, 3.05) is 19.6 Å². The molecule has 1 fully saturated rings. The van der Waals surface area contributed by atoms with Crippen LogP contribution in [0.5, 0.6) is 0 Å². The van der Waals surface area contributed by atoms with E-state index in [1.807, 2.05) is 30.0 Å². The third kappa shape index (κ3) is 4.55. The number of hydrogen-bond acceptors (Lipinski definition) is 2. The van der Waals surface area contributed by atoms with E-state index in [1.54, 1.807) is 0 Å². The maximum Gasteiger partial charge on any atom is 0.255 e. The smallest absolute Gasteiger partial charge is 0.255 e. The Morgan fingerprint density at radius 2 is 2.24 bits per heavy atom. The number of aryl methyl sites for hydroxylation is 1. The van der Waals surface area contributed by atoms with Crippen molar-refractivity contribution >= 4 is 21.8 Å². The third-order valence-electron chi connectivity index (χ3n) is 3.83. The lowest BCUT2D eigenvalue weighted by Crippen LogP contribution is -2.43. The molecule has 3 nitrogen and oxygen atoms in total. The van der Waals surface area contributed by atoms with Crippen LogP contribution in [-0.2, 0) is 0 Å². The first-order valence-electron chi connectivity index (χ1n) is 7.76. The molecule has 1 aromatic rings. The van der Waals surface area contributed by atoms with E-state index in [0.717, 1.165) is 41.7 Å². The average molecular weight is 353 g/mol. The monoisotopic (exact) mass is 352 g/mol. The second-order valence-corrected chi connectivity index (χ2v) is 7.23. The minimum absolute atomic E-state index is 0.129. The van der Waals surface area contributed by atoms with Gasteiger partial charge in [0.25, 0.3) is 5.91 Å². The van der Waals surface area contributed by atoms with Crippen LogP contribution in [0.15, 0.2) is 22.7 Å². The van der Waals surface area contributed by atoms with E-state index >= 15 is 0 Å². The normalized spacial score (nSPS) is 18.2. The SMILES string of the molecule is Cc1ccc(C(=O)N(CC(C)C)CC2CCCN2)c(Br)c1. The van der Waals surface area contributed by atoms with Crippen molar-refractivity contribution in [2.24, 2.45) is 5.92 Å². The highest BCUT2D eigenvalue weighted by Gasteiger charge is 2.24. The number of halogens is 1. The summed E-state index contributed by atoms with van der Waals surface area (Å²) < 4.78 is 0.889. The van der Waals surface area contributed by atoms with Crippen molar-refractivity contribution in [2.45, 2.75) is 39.7 Å². The minimum Gasteiger partial charge on any atom is -0.337 e. The Morgan fingerprint density at radius 3 is 2.81 bits per heavy atom. The lowest BCUT2D eigenvalue weighted by Gasteiger charge is -2.28. The van der Waals surface area contributed by atoms with Gasteiger partial charge < -0.3 is 10.2 Å². The van der Waals surface area contributed by atoms with E-state index < -0.39 is 0 Å². The summed E-state index contributed by atoms with van der Waals surface area (Å²) >= 11 is 3.53. The van der Waals surface area contributed by atoms with Crippen molar-refractivity contribution in [3.8, 4) is 0 Å². The number of carbonyl (C=O) groups is 1. The maximum absolute atomic E-state index is 12.9. The number of rotatable bonds is 5. The quantitative estimate of drug-likeness (QED) is 0.877. The molecule has 2 rings (SSSR count). The van der Waals surface area contributed by atoms with Gasteiger partial charge in [0.05, 0.1) is 5.56 Å². The van der Waals surface area contributed by atoms with Gasteiger partial charge in [-0.05, 0) is 65.9 Å². The summed E-state index contributed by atoms with van der Waals surface area (Å²) in [7, 11) is 0. The molecule has 1 amide bonds. The highest BCUT2D eigenvalue weighted by atomic mass is 79.9. The Kier molecular flexibility index (Phi) is 5.82. The van der Waals surface area contributed by atoms with Crippen molar-refractivity contribution in [3.63, 3.8) is 0 Å². The standard InChI is InChI=1S/C17H25BrN2O/c1-12(2)10-20(11-14-5-4-8-19-14)17(21)15-7-6-13(3)9-16(15)18/h6-7,9,12,14,19H,4-5,8,10-11H2,1-3H3. The summed E-state index contributed by atoms with van der Waals surface area (Å²) in [4.78, 5) is 14.9. The molecule has 0 saturated carbocycles. The van der Waals surface area contributed by atoms with Gasteiger partial charge in [-0.1, -0.05) is 19.9 Å². The molecule has 1 N–H and O–H groups in total. The molecule has 1 atom stereocenters. The van der Waals surface area contributed by atoms with Crippen molar-refractivity contribution < 1.29 is 4.79 Å². The van der Waals surface area contributed by atoms with Crippen LogP contribution in [-0.4, -0.2) is 36.5 Å². The lowest BCUT2D eigenvalue weighted by atomic mass is 10.1. The Balaban J connectivity index is 2.15. The van der Waals surface area contributed by atoms with Gasteiger partial charge in [-0.3, -0.25) is 4.79 Å². The molecule has 116 valence electrons. The summed E-state index contributed by atoms with van der Waals surface area (Å²) in [5.41, 5.74) is 1.92. The third-order valence-corrected chi connectivity index (χ3v) is 4.49. The number of carbonyl (C=O) groups excluding carboxylic acids is 1. The summed E-state index contributed by atoms with van der Waals surface area (Å²) in [6, 6.07) is 6.38. The highest BCUT2D eigenvalue weighted by molar-refractivity contribution is 9.10. The van der Waals surface area contributed by atoms with E-state index in [2.05, 4.69) is 35.1 Å². The van der Waals surface area contributed by atoms with E-state index in [9.17, 15) is 4.79 Å². The zero-order valence-corrected chi connectivity index (χ0v) is 14.7. The molecule has 1 saturated heterocycles. The van der Waals surface area contributed by atoms with E-state index in [4.69, 9.17) is 0 Å². The summed E-state index contributed by atoms with van der Waals surface area (Å²) in [5, 5.41) is 3.48. The number of benzene rings is 1. The maximum atomic E-state index is 12.9. The second-order valence-electron chi connectivity index (χ2n) is 6.38. The fourth-order valence-electron chi connectivity index (χ4n) is 2.82. The molecule has 1 heterocycles. The molecule has 0 aliphatic carbocycles. The second kappa shape index (κ2) is 7.41. The molecular formula is C17H25BrN2O. The van der Waals surface area contributed by atoms with Crippen LogP contribution in [0.1, 0.15) is 42.6 Å². The van der Waals surface area contributed by atoms with Crippen molar-refractivity contribution in [1.82, 2.24) is 10.2 Å². The largest absolute Gasteiger partial charge is 0.337 e. The van der Waals surface area contributed by atoms with Crippen LogP contribution in [0.2, 0.25) is 0 Å². The van der Waals surface area contributed by atoms with Crippen LogP contribution >= 0.6 is 15.9 Å². The van der Waals surface area contributed by atoms with Crippen LogP contribution in [0.25, 0.3) is 0 Å². The van der Waals surface area contributed by atoms with Crippen LogP contribution in [0, 0.1) is 12.8 Å². The molecule has 4 heteroatoms. The molecule has 1 unspecified atom stereocenters. The van der Waals surface area contributed by atoms with Crippen LogP contribution < -0.4 is 5.32 Å². The molecule has 0 bridgehead atoms. The topological polar surface area (TPSA) is 32.3 Å². The molecule has 1 aromatic carbocycles. The van der Waals surface area contributed by atoms with Crippen molar-refractivity contribution in [3.05, 3.63) is 33.8 Å². The average Bonchev–Trinajstić information content (AvgIpc) is 2.89. The predicted molar refractivity (Wildman–Crippen MR) is 90.6 cm³/mol. The summed E-state index contributed by atoms with van der Waals surface area (Å²) in [5.74, 6) is 0.601. The minimum atomic E-state index is 0.129. The summed E-state index contributed by atoms with van der Waals surface area (Å²) in [6.07, 6.45) is 2.37. The highest BCUT2D eigenvalue weighted by Crippen LogP contribution is 2.21. The lowest BCUT2D eigenvalue weighted by molar-refractivity contribution is 0.0720. The van der Waals surface area contributed by atoms with Crippen LogP contribution in [0.4, 0.5) is 0 Å². The van der Waals surface area contributed by atoms with Gasteiger partial charge in [0.15, 0.2) is 0 Å². The molecular weight excluding hydrogens is 328 g/mol. The first kappa shape index (κ1) is 16.5. The molecule has 1 aliphatic heterocycles. The van der Waals surface area contributed by atoms with Gasteiger partial charge in [0.2, 0.25) is 0 Å². The Labute approximate surface area is 136 Å². The number of nitrogens with zero attached hydrogens (tertiary/aromatic N) is 1. The Hall–Kier alpha value is -0.870. The Bertz CT molecular complexity index is 496. The molecule has 0 spiro atoms. The van der Waals surface area contributed by atoms with E-state index in [1.165, 1.54) is 6.42 Å². The summed E-state index contributed by atoms with van der Waals surface area (Å²) in [6.45, 7) is 9.03. The van der Waals surface area contributed by atoms with E-state index in [0.29, 0.717) is 12.0 Å². The molecule has 0 aromatic heterocycles. The predicted octanol–water partition coefficient (Wildman–Crippen LogP) is 3.61. The molecule has 21 heavy (non-hydrogen) atoms. The molecule has 1 aliphatic rings. The van der Waals surface area contributed by atoms with E-state index in [-0.39, 0.29) is 5.91 Å². The number of nitrogens with one attached hydrogen (secondary N) is 1. The van der Waals surface area contributed by atoms with Gasteiger partial charge in [0.1, 0.15) is 0 Å². The fraction of sp³-hybridized carbons (Fsp3) is 0.588. The van der Waals surface area contributed by atoms with Gasteiger partial charge >= 0.3 is 0 Å². The van der Waals surface area contributed by atoms with Crippen molar-refractivity contribution in [1.29, 1.82) is 0 Å². The zero-order valence-electron chi connectivity index (χ0n) is 13.2. The first-order valence-corrected chi connectivity index (χ1v) is 8.55. The Morgan fingerprint density at radius 1 is 1.48 bits per heavy atom. The van der Waals surface area contributed by atoms with Gasteiger partial charge in [-0.25, -0.2) is 0 Å². The van der Waals surface area contributed by atoms with Gasteiger partial charge in [-0.15, -0.1) is 0 Å². The van der Waals surface area contributed by atoms with Gasteiger partial charge in [0, 0.05) is 23.6 Å². The number of hydrogen-bond donors (Lipinski definition) is 1. The fourth-order valence-corrected chi connectivity index (χ4v) is 3.49. The first-order chi connectivity index (χ1) is 9.97.